The monoisotopic (exact) mass is 252 g/mol. The molecule has 0 aromatic heterocycles. The Kier molecular flexibility index (Phi) is 4.07. The minimum absolute atomic E-state index is 0.308. The summed E-state index contributed by atoms with van der Waals surface area (Å²) in [4.78, 5) is 2.27. The summed E-state index contributed by atoms with van der Waals surface area (Å²) in [6.07, 6.45) is 1.12. The van der Waals surface area contributed by atoms with Crippen LogP contribution in [0.5, 0.6) is 5.75 Å². The van der Waals surface area contributed by atoms with Gasteiger partial charge in [0.15, 0.2) is 11.6 Å². The molecule has 0 radical (unpaired) electrons. The van der Waals surface area contributed by atoms with Gasteiger partial charge in [0.25, 0.3) is 0 Å². The first kappa shape index (κ1) is 13.1. The zero-order valence-electron chi connectivity index (χ0n) is 11.2. The van der Waals surface area contributed by atoms with Crippen molar-refractivity contribution in [3.63, 3.8) is 0 Å². The predicted molar refractivity (Wildman–Crippen MR) is 71.8 cm³/mol. The van der Waals surface area contributed by atoms with E-state index >= 15 is 0 Å². The van der Waals surface area contributed by atoms with Crippen LogP contribution in [0.15, 0.2) is 18.2 Å². The lowest BCUT2D eigenvalue weighted by atomic mass is 10.2. The van der Waals surface area contributed by atoms with Gasteiger partial charge in [0.1, 0.15) is 0 Å². The lowest BCUT2D eigenvalue weighted by molar-refractivity contribution is 0.386. The number of hydrogen-bond donors (Lipinski definition) is 1. The van der Waals surface area contributed by atoms with Gasteiger partial charge in [0.2, 0.25) is 0 Å². The summed E-state index contributed by atoms with van der Waals surface area (Å²) in [5, 5.41) is 3.53. The molecule has 100 valence electrons. The van der Waals surface area contributed by atoms with Crippen molar-refractivity contribution >= 4 is 5.69 Å². The maximum Gasteiger partial charge on any atom is 0.165 e. The van der Waals surface area contributed by atoms with Crippen LogP contribution in [0.4, 0.5) is 10.1 Å². The Bertz CT molecular complexity index is 409. The third-order valence-electron chi connectivity index (χ3n) is 3.26. The van der Waals surface area contributed by atoms with Crippen LogP contribution in [-0.2, 0) is 0 Å². The van der Waals surface area contributed by atoms with Crippen LogP contribution < -0.4 is 15.0 Å². The van der Waals surface area contributed by atoms with Gasteiger partial charge in [-0.3, -0.25) is 0 Å². The average molecular weight is 252 g/mol. The fourth-order valence-electron chi connectivity index (χ4n) is 2.45. The van der Waals surface area contributed by atoms with Crippen molar-refractivity contribution in [1.82, 2.24) is 5.32 Å². The molecule has 1 fully saturated rings. The van der Waals surface area contributed by atoms with Gasteiger partial charge in [-0.05, 0) is 18.6 Å². The van der Waals surface area contributed by atoms with E-state index in [0.29, 0.717) is 17.8 Å². The number of halogens is 1. The highest BCUT2D eigenvalue weighted by atomic mass is 19.1. The Hall–Kier alpha value is -1.29. The molecule has 0 amide bonds. The molecule has 0 bridgehead atoms. The largest absolute Gasteiger partial charge is 0.494 e. The van der Waals surface area contributed by atoms with Crippen LogP contribution in [0.2, 0.25) is 0 Å². The molecule has 1 atom stereocenters. The van der Waals surface area contributed by atoms with E-state index in [-0.39, 0.29) is 5.82 Å². The highest BCUT2D eigenvalue weighted by Crippen LogP contribution is 2.27. The van der Waals surface area contributed by atoms with E-state index in [1.165, 1.54) is 13.2 Å². The van der Waals surface area contributed by atoms with Crippen molar-refractivity contribution in [2.45, 2.75) is 32.4 Å². The molecular weight excluding hydrogens is 231 g/mol. The summed E-state index contributed by atoms with van der Waals surface area (Å²) in [6, 6.07) is 6.07. The molecule has 1 aliphatic heterocycles. The van der Waals surface area contributed by atoms with E-state index in [1.807, 2.05) is 6.07 Å². The molecule has 1 saturated heterocycles. The van der Waals surface area contributed by atoms with Crippen molar-refractivity contribution in [3.8, 4) is 5.75 Å². The third-order valence-corrected chi connectivity index (χ3v) is 3.26. The third kappa shape index (κ3) is 2.93. The number of methoxy groups -OCH3 is 1. The molecule has 2 rings (SSSR count). The van der Waals surface area contributed by atoms with Crippen molar-refractivity contribution in [1.29, 1.82) is 0 Å². The molecule has 0 saturated carbocycles. The second-order valence-corrected chi connectivity index (χ2v) is 5.07. The average Bonchev–Trinajstić information content (AvgIpc) is 2.77. The van der Waals surface area contributed by atoms with Gasteiger partial charge in [-0.1, -0.05) is 13.8 Å². The standard InChI is InChI=1S/C14H21FN2O/c1-10(2)16-11-6-7-17(9-11)12-4-5-13(15)14(8-12)18-3/h4-5,8,10-11,16H,6-7,9H2,1-3H3. The van der Waals surface area contributed by atoms with E-state index < -0.39 is 0 Å². The zero-order chi connectivity index (χ0) is 13.1. The molecule has 1 heterocycles. The lowest BCUT2D eigenvalue weighted by Crippen LogP contribution is -2.37. The Labute approximate surface area is 108 Å². The number of benzene rings is 1. The fourth-order valence-corrected chi connectivity index (χ4v) is 2.45. The summed E-state index contributed by atoms with van der Waals surface area (Å²) in [5.74, 6) is 0.00470. The molecular formula is C14H21FN2O. The number of rotatable bonds is 4. The molecule has 4 heteroatoms. The molecule has 3 nitrogen and oxygen atoms in total. The Balaban J connectivity index is 2.05. The highest BCUT2D eigenvalue weighted by molar-refractivity contribution is 5.52. The fraction of sp³-hybridized carbons (Fsp3) is 0.571. The normalized spacial score (nSPS) is 19.6. The van der Waals surface area contributed by atoms with Gasteiger partial charge >= 0.3 is 0 Å². The molecule has 1 unspecified atom stereocenters. The minimum Gasteiger partial charge on any atom is -0.494 e. The first-order valence-corrected chi connectivity index (χ1v) is 6.44. The second kappa shape index (κ2) is 5.57. The summed E-state index contributed by atoms with van der Waals surface area (Å²) in [6.45, 7) is 6.28. The van der Waals surface area contributed by atoms with Gasteiger partial charge in [0.05, 0.1) is 7.11 Å². The van der Waals surface area contributed by atoms with Crippen molar-refractivity contribution in [3.05, 3.63) is 24.0 Å². The van der Waals surface area contributed by atoms with Gasteiger partial charge in [0, 0.05) is 36.9 Å². The van der Waals surface area contributed by atoms with Crippen molar-refractivity contribution < 1.29 is 9.13 Å². The first-order valence-electron chi connectivity index (χ1n) is 6.44. The molecule has 0 spiro atoms. The Morgan fingerprint density at radius 3 is 2.89 bits per heavy atom. The van der Waals surface area contributed by atoms with Crippen LogP contribution >= 0.6 is 0 Å². The van der Waals surface area contributed by atoms with E-state index in [9.17, 15) is 4.39 Å². The maximum absolute atomic E-state index is 13.3. The SMILES string of the molecule is COc1cc(N2CCC(NC(C)C)C2)ccc1F. The van der Waals surface area contributed by atoms with Crippen LogP contribution in [0, 0.1) is 5.82 Å². The van der Waals surface area contributed by atoms with Gasteiger partial charge in [-0.25, -0.2) is 4.39 Å². The van der Waals surface area contributed by atoms with Crippen LogP contribution in [0.1, 0.15) is 20.3 Å². The van der Waals surface area contributed by atoms with Gasteiger partial charge in [-0.2, -0.15) is 0 Å². The highest BCUT2D eigenvalue weighted by Gasteiger charge is 2.23. The maximum atomic E-state index is 13.3. The lowest BCUT2D eigenvalue weighted by Gasteiger charge is -2.20. The van der Waals surface area contributed by atoms with Gasteiger partial charge < -0.3 is 15.0 Å². The molecule has 1 N–H and O–H groups in total. The first-order chi connectivity index (χ1) is 8.60. The van der Waals surface area contributed by atoms with E-state index in [0.717, 1.165) is 25.2 Å². The van der Waals surface area contributed by atoms with Crippen LogP contribution in [0.3, 0.4) is 0 Å². The summed E-state index contributed by atoms with van der Waals surface area (Å²) < 4.78 is 18.4. The summed E-state index contributed by atoms with van der Waals surface area (Å²) >= 11 is 0. The van der Waals surface area contributed by atoms with Crippen molar-refractivity contribution in [2.75, 3.05) is 25.1 Å². The minimum atomic E-state index is -0.308. The van der Waals surface area contributed by atoms with Crippen molar-refractivity contribution in [2.24, 2.45) is 0 Å². The van der Waals surface area contributed by atoms with Crippen LogP contribution in [0.25, 0.3) is 0 Å². The predicted octanol–water partition coefficient (Wildman–Crippen LogP) is 2.41. The smallest absolute Gasteiger partial charge is 0.165 e. The number of hydrogen-bond acceptors (Lipinski definition) is 3. The Morgan fingerprint density at radius 2 is 2.22 bits per heavy atom. The Morgan fingerprint density at radius 1 is 1.44 bits per heavy atom. The number of nitrogens with one attached hydrogen (secondary N) is 1. The number of nitrogens with zero attached hydrogens (tertiary/aromatic N) is 1. The zero-order valence-corrected chi connectivity index (χ0v) is 11.2. The topological polar surface area (TPSA) is 24.5 Å². The quantitative estimate of drug-likeness (QED) is 0.890. The number of anilines is 1. The van der Waals surface area contributed by atoms with E-state index in [4.69, 9.17) is 4.74 Å². The summed E-state index contributed by atoms with van der Waals surface area (Å²) in [7, 11) is 1.50. The summed E-state index contributed by atoms with van der Waals surface area (Å²) in [5.41, 5.74) is 1.03. The molecule has 1 aliphatic rings. The molecule has 18 heavy (non-hydrogen) atoms. The van der Waals surface area contributed by atoms with E-state index in [1.54, 1.807) is 6.07 Å². The molecule has 1 aromatic carbocycles. The second-order valence-electron chi connectivity index (χ2n) is 5.07. The van der Waals surface area contributed by atoms with E-state index in [2.05, 4.69) is 24.1 Å². The molecule has 1 aromatic rings. The number of ether oxygens (including phenoxy) is 1. The molecule has 0 aliphatic carbocycles. The van der Waals surface area contributed by atoms with Gasteiger partial charge in [-0.15, -0.1) is 0 Å². The van der Waals surface area contributed by atoms with Crippen LogP contribution in [-0.4, -0.2) is 32.3 Å².